The first-order chi connectivity index (χ1) is 6.67. The Hall–Kier alpha value is -1.36. The Labute approximate surface area is 81.6 Å². The summed E-state index contributed by atoms with van der Waals surface area (Å²) in [5, 5.41) is 0. The topological polar surface area (TPSA) is 65.1 Å². The van der Waals surface area contributed by atoms with Gasteiger partial charge in [-0.2, -0.15) is 0 Å². The van der Waals surface area contributed by atoms with Crippen molar-refractivity contribution in [3.8, 4) is 0 Å². The van der Waals surface area contributed by atoms with Gasteiger partial charge in [0, 0.05) is 18.1 Å². The van der Waals surface area contributed by atoms with Gasteiger partial charge in [0.05, 0.1) is 26.9 Å². The van der Waals surface area contributed by atoms with E-state index in [4.69, 9.17) is 4.74 Å². The molecule has 78 valence electrons. The SMILES string of the molecule is COC(=O)C=C(CC1CO1)C(=O)OC. The van der Waals surface area contributed by atoms with Crippen LogP contribution in [0.4, 0.5) is 0 Å². The van der Waals surface area contributed by atoms with Crippen LogP contribution in [0.3, 0.4) is 0 Å². The highest BCUT2D eigenvalue weighted by Crippen LogP contribution is 2.19. The Bertz CT molecular complexity index is 264. The lowest BCUT2D eigenvalue weighted by molar-refractivity contribution is -0.138. The van der Waals surface area contributed by atoms with Gasteiger partial charge >= 0.3 is 11.9 Å². The van der Waals surface area contributed by atoms with Crippen molar-refractivity contribution in [3.63, 3.8) is 0 Å². The summed E-state index contributed by atoms with van der Waals surface area (Å²) in [5.74, 6) is -1.09. The maximum Gasteiger partial charge on any atom is 0.334 e. The normalized spacial score (nSPS) is 20.1. The van der Waals surface area contributed by atoms with Crippen LogP contribution in [0.25, 0.3) is 0 Å². The van der Waals surface area contributed by atoms with E-state index in [-0.39, 0.29) is 11.7 Å². The third-order valence-electron chi connectivity index (χ3n) is 1.79. The van der Waals surface area contributed by atoms with E-state index in [1.165, 1.54) is 14.2 Å². The fourth-order valence-corrected chi connectivity index (χ4v) is 0.965. The summed E-state index contributed by atoms with van der Waals surface area (Å²) in [6, 6.07) is 0. The van der Waals surface area contributed by atoms with Gasteiger partial charge in [-0.1, -0.05) is 0 Å². The molecule has 5 heteroatoms. The lowest BCUT2D eigenvalue weighted by atomic mass is 10.1. The van der Waals surface area contributed by atoms with Gasteiger partial charge in [-0.05, 0) is 0 Å². The third-order valence-corrected chi connectivity index (χ3v) is 1.79. The molecule has 1 aliphatic rings. The minimum absolute atomic E-state index is 0.0324. The highest BCUT2D eigenvalue weighted by Gasteiger charge is 2.27. The molecule has 0 radical (unpaired) electrons. The van der Waals surface area contributed by atoms with E-state index in [1.54, 1.807) is 0 Å². The molecular weight excluding hydrogens is 188 g/mol. The smallest absolute Gasteiger partial charge is 0.334 e. The fraction of sp³-hybridized carbons (Fsp3) is 0.556. The van der Waals surface area contributed by atoms with Crippen molar-refractivity contribution >= 4 is 11.9 Å². The zero-order chi connectivity index (χ0) is 10.6. The molecular formula is C9H12O5. The van der Waals surface area contributed by atoms with E-state index in [0.29, 0.717) is 13.0 Å². The zero-order valence-corrected chi connectivity index (χ0v) is 8.11. The third kappa shape index (κ3) is 3.18. The predicted octanol–water partition coefficient (Wildman–Crippen LogP) is 0.0477. The van der Waals surface area contributed by atoms with Gasteiger partial charge in [0.25, 0.3) is 0 Å². The van der Waals surface area contributed by atoms with E-state index in [1.807, 2.05) is 0 Å². The van der Waals surface area contributed by atoms with Crippen molar-refractivity contribution < 1.29 is 23.8 Å². The molecule has 1 rings (SSSR count). The Balaban J connectivity index is 2.63. The molecule has 0 amide bonds. The summed E-state index contributed by atoms with van der Waals surface area (Å²) in [6.07, 6.45) is 1.56. The Morgan fingerprint density at radius 1 is 1.43 bits per heavy atom. The molecule has 0 aliphatic carbocycles. The molecule has 14 heavy (non-hydrogen) atoms. The van der Waals surface area contributed by atoms with Crippen LogP contribution in [0.1, 0.15) is 6.42 Å². The number of hydrogen-bond donors (Lipinski definition) is 0. The largest absolute Gasteiger partial charge is 0.466 e. The second-order valence-electron chi connectivity index (χ2n) is 2.84. The molecule has 0 aromatic carbocycles. The van der Waals surface area contributed by atoms with Crippen molar-refractivity contribution in [3.05, 3.63) is 11.6 Å². The highest BCUT2D eigenvalue weighted by molar-refractivity contribution is 5.96. The van der Waals surface area contributed by atoms with Crippen molar-refractivity contribution in [2.75, 3.05) is 20.8 Å². The predicted molar refractivity (Wildman–Crippen MR) is 46.5 cm³/mol. The minimum Gasteiger partial charge on any atom is -0.466 e. The van der Waals surface area contributed by atoms with Gasteiger partial charge in [0.15, 0.2) is 0 Å². The molecule has 1 aliphatic heterocycles. The zero-order valence-electron chi connectivity index (χ0n) is 8.11. The molecule has 0 bridgehead atoms. The lowest BCUT2D eigenvalue weighted by Gasteiger charge is -2.02. The number of carbonyl (C=O) groups is 2. The van der Waals surface area contributed by atoms with Crippen LogP contribution < -0.4 is 0 Å². The standard InChI is InChI=1S/C9H12O5/c1-12-8(10)4-6(9(11)13-2)3-7-5-14-7/h4,7H,3,5H2,1-2H3. The molecule has 0 N–H and O–H groups in total. The minimum atomic E-state index is -0.564. The molecule has 0 aromatic rings. The van der Waals surface area contributed by atoms with Crippen LogP contribution in [0.15, 0.2) is 11.6 Å². The summed E-state index contributed by atoms with van der Waals surface area (Å²) in [4.78, 5) is 22.1. The van der Waals surface area contributed by atoms with Crippen LogP contribution >= 0.6 is 0 Å². The van der Waals surface area contributed by atoms with Gasteiger partial charge in [-0.15, -0.1) is 0 Å². The molecule has 5 nitrogen and oxygen atoms in total. The van der Waals surface area contributed by atoms with E-state index >= 15 is 0 Å². The monoisotopic (exact) mass is 200 g/mol. The number of methoxy groups -OCH3 is 2. The average molecular weight is 200 g/mol. The van der Waals surface area contributed by atoms with Gasteiger partial charge in [0.2, 0.25) is 0 Å². The molecule has 0 aromatic heterocycles. The van der Waals surface area contributed by atoms with E-state index < -0.39 is 11.9 Å². The van der Waals surface area contributed by atoms with E-state index in [0.717, 1.165) is 6.08 Å². The van der Waals surface area contributed by atoms with Crippen LogP contribution in [-0.4, -0.2) is 38.9 Å². The number of esters is 2. The quantitative estimate of drug-likeness (QED) is 0.364. The van der Waals surface area contributed by atoms with Gasteiger partial charge in [-0.25, -0.2) is 9.59 Å². The average Bonchev–Trinajstić information content (AvgIpc) is 2.99. The van der Waals surface area contributed by atoms with Crippen molar-refractivity contribution in [2.45, 2.75) is 12.5 Å². The van der Waals surface area contributed by atoms with Crippen LogP contribution in [0, 0.1) is 0 Å². The summed E-state index contributed by atoms with van der Waals surface area (Å²) in [6.45, 7) is 0.621. The van der Waals surface area contributed by atoms with Crippen LogP contribution in [0.5, 0.6) is 0 Å². The Morgan fingerprint density at radius 2 is 2.07 bits per heavy atom. The van der Waals surface area contributed by atoms with Crippen molar-refractivity contribution in [1.29, 1.82) is 0 Å². The number of epoxide rings is 1. The van der Waals surface area contributed by atoms with Crippen molar-refractivity contribution in [2.24, 2.45) is 0 Å². The summed E-state index contributed by atoms with van der Waals surface area (Å²) >= 11 is 0. The maximum absolute atomic E-state index is 11.2. The van der Waals surface area contributed by atoms with Crippen LogP contribution in [0.2, 0.25) is 0 Å². The van der Waals surface area contributed by atoms with Gasteiger partial charge < -0.3 is 14.2 Å². The fourth-order valence-electron chi connectivity index (χ4n) is 0.965. The van der Waals surface area contributed by atoms with Crippen LogP contribution in [-0.2, 0) is 23.8 Å². The van der Waals surface area contributed by atoms with E-state index in [2.05, 4.69) is 9.47 Å². The first-order valence-corrected chi connectivity index (χ1v) is 4.15. The molecule has 1 fully saturated rings. The molecule has 1 saturated heterocycles. The number of ether oxygens (including phenoxy) is 3. The van der Waals surface area contributed by atoms with Crippen molar-refractivity contribution in [1.82, 2.24) is 0 Å². The summed E-state index contributed by atoms with van der Waals surface area (Å²) in [7, 11) is 2.52. The number of carbonyl (C=O) groups excluding carboxylic acids is 2. The molecule has 0 saturated carbocycles. The summed E-state index contributed by atoms with van der Waals surface area (Å²) in [5.41, 5.74) is 0.279. The number of rotatable bonds is 4. The van der Waals surface area contributed by atoms with Gasteiger partial charge in [-0.3, -0.25) is 0 Å². The maximum atomic E-state index is 11.2. The molecule has 1 atom stereocenters. The highest BCUT2D eigenvalue weighted by atomic mass is 16.6. The first kappa shape index (κ1) is 10.7. The molecule has 1 unspecified atom stereocenters. The molecule has 1 heterocycles. The number of hydrogen-bond acceptors (Lipinski definition) is 5. The molecule has 0 spiro atoms. The van der Waals surface area contributed by atoms with E-state index in [9.17, 15) is 9.59 Å². The Morgan fingerprint density at radius 3 is 2.50 bits per heavy atom. The Kier molecular flexibility index (Phi) is 3.64. The summed E-state index contributed by atoms with van der Waals surface area (Å²) < 4.78 is 13.9. The second kappa shape index (κ2) is 4.76. The lowest BCUT2D eigenvalue weighted by Crippen LogP contribution is -2.10. The second-order valence-corrected chi connectivity index (χ2v) is 2.84. The van der Waals surface area contributed by atoms with Gasteiger partial charge in [0.1, 0.15) is 0 Å². The first-order valence-electron chi connectivity index (χ1n) is 4.15.